The first kappa shape index (κ1) is 29.7. The molecule has 0 radical (unpaired) electrons. The van der Waals surface area contributed by atoms with Crippen LogP contribution >= 0.6 is 0 Å². The molecule has 1 aromatic heterocycles. The molecule has 6 nitrogen and oxygen atoms in total. The minimum Gasteiger partial charge on any atom is -0.463 e. The van der Waals surface area contributed by atoms with Crippen molar-refractivity contribution in [2.24, 2.45) is 0 Å². The largest absolute Gasteiger partial charge is 0.463 e. The average molecular weight is 556 g/mol. The third-order valence-corrected chi connectivity index (χ3v) is 7.29. The van der Waals surface area contributed by atoms with Gasteiger partial charge in [-0.3, -0.25) is 19.6 Å². The fourth-order valence-corrected chi connectivity index (χ4v) is 4.94. The monoisotopic (exact) mass is 555 g/mol. The maximum Gasteiger partial charge on any atom is 0.421 e. The molecule has 0 amide bonds. The van der Waals surface area contributed by atoms with E-state index in [2.05, 4.69) is 14.8 Å². The van der Waals surface area contributed by atoms with E-state index in [-0.39, 0.29) is 23.7 Å². The molecule has 1 aliphatic rings. The van der Waals surface area contributed by atoms with Crippen LogP contribution in [-0.2, 0) is 28.2 Å². The Bertz CT molecular complexity index is 1250. The van der Waals surface area contributed by atoms with E-state index in [9.17, 15) is 23.1 Å². The van der Waals surface area contributed by atoms with Gasteiger partial charge >= 0.3 is 12.1 Å². The summed E-state index contributed by atoms with van der Waals surface area (Å²) in [6, 6.07) is 17.7. The average Bonchev–Trinajstić information content (AvgIpc) is 2.90. The van der Waals surface area contributed by atoms with Gasteiger partial charge in [-0.1, -0.05) is 48.5 Å². The predicted molar refractivity (Wildman–Crippen MR) is 147 cm³/mol. The van der Waals surface area contributed by atoms with Crippen LogP contribution in [0.1, 0.15) is 43.9 Å². The van der Waals surface area contributed by atoms with Gasteiger partial charge in [0, 0.05) is 51.2 Å². The van der Waals surface area contributed by atoms with Crippen LogP contribution in [0.3, 0.4) is 0 Å². The maximum atomic E-state index is 13.2. The van der Waals surface area contributed by atoms with E-state index in [1.165, 1.54) is 12.1 Å². The number of pyridine rings is 1. The Labute approximate surface area is 233 Å². The Morgan fingerprint density at radius 1 is 0.950 bits per heavy atom. The van der Waals surface area contributed by atoms with Crippen LogP contribution in [0.2, 0.25) is 0 Å². The molecule has 0 saturated carbocycles. The van der Waals surface area contributed by atoms with Crippen LogP contribution in [0.4, 0.5) is 13.2 Å². The second-order valence-electron chi connectivity index (χ2n) is 10.8. The summed E-state index contributed by atoms with van der Waals surface area (Å²) in [5.74, 6) is -0.200. The molecule has 3 aromatic rings. The van der Waals surface area contributed by atoms with Gasteiger partial charge in [0.25, 0.3) is 0 Å². The number of ether oxygens (including phenoxy) is 1. The lowest BCUT2D eigenvalue weighted by atomic mass is 9.93. The van der Waals surface area contributed by atoms with Gasteiger partial charge in [0.1, 0.15) is 0 Å². The van der Waals surface area contributed by atoms with Crippen molar-refractivity contribution in [1.29, 1.82) is 0 Å². The maximum absolute atomic E-state index is 13.2. The molecule has 0 bridgehead atoms. The van der Waals surface area contributed by atoms with Gasteiger partial charge in [0.2, 0.25) is 0 Å². The predicted octanol–water partition coefficient (Wildman–Crippen LogP) is 5.55. The number of hydrogen-bond acceptors (Lipinski definition) is 6. The SMILES string of the molecule is CC(C)OC(=O)CC1CN(Cc2ccc(-c3ccc(C(C)(O)C(F)(F)F)cc3)cc2)CCN1Cc1ccncc1. The van der Waals surface area contributed by atoms with E-state index < -0.39 is 11.8 Å². The van der Waals surface area contributed by atoms with Crippen LogP contribution in [0, 0.1) is 0 Å². The second kappa shape index (κ2) is 12.5. The number of halogens is 3. The van der Waals surface area contributed by atoms with E-state index in [1.54, 1.807) is 24.5 Å². The fourth-order valence-electron chi connectivity index (χ4n) is 4.94. The highest BCUT2D eigenvalue weighted by Crippen LogP contribution is 2.39. The topological polar surface area (TPSA) is 65.9 Å². The highest BCUT2D eigenvalue weighted by atomic mass is 19.4. The van der Waals surface area contributed by atoms with Crippen LogP contribution < -0.4 is 0 Å². The van der Waals surface area contributed by atoms with Crippen molar-refractivity contribution in [2.75, 3.05) is 19.6 Å². The Balaban J connectivity index is 1.41. The lowest BCUT2D eigenvalue weighted by Gasteiger charge is -2.41. The Morgan fingerprint density at radius 3 is 2.10 bits per heavy atom. The minimum absolute atomic E-state index is 0.0138. The van der Waals surface area contributed by atoms with E-state index in [4.69, 9.17) is 4.74 Å². The summed E-state index contributed by atoms with van der Waals surface area (Å²) in [5, 5.41) is 9.91. The number of aromatic nitrogens is 1. The van der Waals surface area contributed by atoms with E-state index in [0.717, 1.165) is 55.4 Å². The summed E-state index contributed by atoms with van der Waals surface area (Å²) >= 11 is 0. The number of carbonyl (C=O) groups is 1. The molecule has 1 saturated heterocycles. The second-order valence-corrected chi connectivity index (χ2v) is 10.8. The normalized spacial score (nSPS) is 18.4. The number of piperazine rings is 1. The summed E-state index contributed by atoms with van der Waals surface area (Å²) in [5.41, 5.74) is 0.791. The van der Waals surface area contributed by atoms with Gasteiger partial charge in [0.15, 0.2) is 5.60 Å². The van der Waals surface area contributed by atoms with Crippen molar-refractivity contribution in [3.63, 3.8) is 0 Å². The molecule has 2 atom stereocenters. The quantitative estimate of drug-likeness (QED) is 0.350. The number of rotatable bonds is 9. The first-order valence-corrected chi connectivity index (χ1v) is 13.5. The first-order chi connectivity index (χ1) is 18.9. The Kier molecular flexibility index (Phi) is 9.28. The lowest BCUT2D eigenvalue weighted by molar-refractivity contribution is -0.258. The van der Waals surface area contributed by atoms with Gasteiger partial charge < -0.3 is 9.84 Å². The van der Waals surface area contributed by atoms with E-state index in [1.807, 2.05) is 50.2 Å². The number of alkyl halides is 3. The van der Waals surface area contributed by atoms with Crippen LogP contribution in [0.25, 0.3) is 11.1 Å². The Hall–Kier alpha value is -3.27. The lowest BCUT2D eigenvalue weighted by Crippen LogP contribution is -2.53. The molecule has 2 unspecified atom stereocenters. The summed E-state index contributed by atoms with van der Waals surface area (Å²) in [4.78, 5) is 21.3. The standard InChI is InChI=1S/C31H36F3N3O3/c1-22(2)40-29(38)18-28-21-36(16-17-37(28)20-24-12-14-35-15-13-24)19-23-4-6-25(7-5-23)26-8-10-27(11-9-26)30(3,39)31(32,33)34/h4-15,22,28,39H,16-21H2,1-3H3. The van der Waals surface area contributed by atoms with Crippen molar-refractivity contribution in [2.45, 2.75) is 64.2 Å². The zero-order valence-electron chi connectivity index (χ0n) is 23.1. The zero-order valence-corrected chi connectivity index (χ0v) is 23.1. The van der Waals surface area contributed by atoms with Crippen molar-refractivity contribution >= 4 is 5.97 Å². The Morgan fingerprint density at radius 2 is 1.52 bits per heavy atom. The summed E-state index contributed by atoms with van der Waals surface area (Å²) < 4.78 is 44.9. The molecule has 0 aliphatic carbocycles. The molecule has 2 aromatic carbocycles. The van der Waals surface area contributed by atoms with Crippen molar-refractivity contribution < 1.29 is 27.8 Å². The van der Waals surface area contributed by atoms with Gasteiger partial charge in [-0.2, -0.15) is 13.2 Å². The molecule has 9 heteroatoms. The summed E-state index contributed by atoms with van der Waals surface area (Å²) in [6.07, 6.45) is -1.05. The number of nitrogens with zero attached hydrogens (tertiary/aromatic N) is 3. The van der Waals surface area contributed by atoms with E-state index >= 15 is 0 Å². The number of benzene rings is 2. The molecule has 2 heterocycles. The van der Waals surface area contributed by atoms with Crippen LogP contribution in [0.5, 0.6) is 0 Å². The van der Waals surface area contributed by atoms with Crippen LogP contribution in [-0.4, -0.2) is 63.8 Å². The minimum atomic E-state index is -4.76. The molecular weight excluding hydrogens is 519 g/mol. The van der Waals surface area contributed by atoms with Gasteiger partial charge in [0.05, 0.1) is 12.5 Å². The van der Waals surface area contributed by atoms with Gasteiger partial charge in [-0.05, 0) is 60.7 Å². The number of hydrogen-bond donors (Lipinski definition) is 1. The smallest absolute Gasteiger partial charge is 0.421 e. The molecule has 214 valence electrons. The van der Waals surface area contributed by atoms with Crippen molar-refractivity contribution in [3.8, 4) is 11.1 Å². The molecular formula is C31H36F3N3O3. The third-order valence-electron chi connectivity index (χ3n) is 7.29. The molecule has 1 aliphatic heterocycles. The molecule has 1 fully saturated rings. The number of esters is 1. The van der Waals surface area contributed by atoms with Crippen molar-refractivity contribution in [3.05, 3.63) is 89.7 Å². The number of aliphatic hydroxyl groups is 1. The first-order valence-electron chi connectivity index (χ1n) is 13.5. The highest BCUT2D eigenvalue weighted by molar-refractivity contribution is 5.70. The number of carbonyl (C=O) groups excluding carboxylic acids is 1. The zero-order chi connectivity index (χ0) is 28.9. The van der Waals surface area contributed by atoms with E-state index in [0.29, 0.717) is 13.0 Å². The third kappa shape index (κ3) is 7.47. The van der Waals surface area contributed by atoms with Gasteiger partial charge in [-0.15, -0.1) is 0 Å². The fraction of sp³-hybridized carbons (Fsp3) is 0.419. The highest BCUT2D eigenvalue weighted by Gasteiger charge is 2.51. The molecule has 40 heavy (non-hydrogen) atoms. The summed E-state index contributed by atoms with van der Waals surface area (Å²) in [6.45, 7) is 8.30. The summed E-state index contributed by atoms with van der Waals surface area (Å²) in [7, 11) is 0. The van der Waals surface area contributed by atoms with Crippen molar-refractivity contribution in [1.82, 2.24) is 14.8 Å². The molecule has 0 spiro atoms. The molecule has 4 rings (SSSR count). The molecule has 1 N–H and O–H groups in total. The van der Waals surface area contributed by atoms with Crippen LogP contribution in [0.15, 0.2) is 73.1 Å². The van der Waals surface area contributed by atoms with Gasteiger partial charge in [-0.25, -0.2) is 0 Å².